The maximum atomic E-state index is 6.27. The van der Waals surface area contributed by atoms with Crippen molar-refractivity contribution in [3.63, 3.8) is 0 Å². The van der Waals surface area contributed by atoms with Crippen molar-refractivity contribution in [1.29, 1.82) is 0 Å². The Morgan fingerprint density at radius 2 is 0.830 bits per heavy atom. The van der Waals surface area contributed by atoms with Gasteiger partial charge in [0, 0.05) is 70.9 Å². The molecule has 7 heteroatoms. The molecule has 0 atom stereocenters. The van der Waals surface area contributed by atoms with Crippen molar-refractivity contribution in [2.45, 2.75) is 13.1 Å². The van der Waals surface area contributed by atoms with Crippen LogP contribution >= 0.6 is 23.2 Å². The first-order valence-electron chi connectivity index (χ1n) is 17.6. The monoisotopic (exact) mass is 732 g/mol. The van der Waals surface area contributed by atoms with E-state index in [9.17, 15) is 0 Å². The second kappa shape index (κ2) is 15.0. The quantitative estimate of drug-likeness (QED) is 0.131. The van der Waals surface area contributed by atoms with E-state index in [0.29, 0.717) is 0 Å². The molecule has 0 aliphatic heterocycles. The predicted octanol–water partition coefficient (Wildman–Crippen LogP) is 11.3. The molecule has 6 aromatic carbocycles. The van der Waals surface area contributed by atoms with Crippen molar-refractivity contribution in [3.05, 3.63) is 191 Å². The number of nitrogens with zero attached hydrogens (tertiary/aromatic N) is 4. The van der Waals surface area contributed by atoms with Gasteiger partial charge in [-0.1, -0.05) is 47.5 Å². The molecular weight excluding hydrogens is 695 g/mol. The Labute approximate surface area is 320 Å². The number of benzene rings is 6. The lowest BCUT2D eigenvalue weighted by atomic mass is 10.1. The highest BCUT2D eigenvalue weighted by Crippen LogP contribution is 2.32. The van der Waals surface area contributed by atoms with Gasteiger partial charge in [0.15, 0.2) is 25.5 Å². The van der Waals surface area contributed by atoms with Gasteiger partial charge in [0.05, 0.1) is 22.1 Å². The van der Waals surface area contributed by atoms with Crippen LogP contribution in [0.4, 0.5) is 22.7 Å². The number of hydrogen-bond donors (Lipinski definition) is 0. The normalized spacial score (nSPS) is 11.2. The van der Waals surface area contributed by atoms with Gasteiger partial charge in [0.25, 0.3) is 0 Å². The number of ether oxygens (including phenoxy) is 1. The van der Waals surface area contributed by atoms with E-state index in [1.54, 1.807) is 0 Å². The molecule has 8 aromatic rings. The topological polar surface area (TPSA) is 23.5 Å². The first-order chi connectivity index (χ1) is 25.9. The average molecular weight is 734 g/mol. The van der Waals surface area contributed by atoms with Gasteiger partial charge in [-0.15, -0.1) is 0 Å². The Bertz CT molecular complexity index is 2340. The van der Waals surface area contributed by atoms with Gasteiger partial charge in [0.2, 0.25) is 11.0 Å². The van der Waals surface area contributed by atoms with Gasteiger partial charge in [-0.2, -0.15) is 9.13 Å². The van der Waals surface area contributed by atoms with Crippen LogP contribution in [-0.4, -0.2) is 14.1 Å². The van der Waals surface area contributed by atoms with Crippen LogP contribution in [0.25, 0.3) is 21.8 Å². The van der Waals surface area contributed by atoms with E-state index in [1.807, 2.05) is 72.8 Å². The molecule has 0 aliphatic rings. The lowest BCUT2D eigenvalue weighted by Crippen LogP contribution is -2.35. The Balaban J connectivity index is 0.944. The number of rotatable bonds is 10. The van der Waals surface area contributed by atoms with Crippen LogP contribution in [0.15, 0.2) is 170 Å². The molecule has 0 radical (unpaired) electrons. The summed E-state index contributed by atoms with van der Waals surface area (Å²) in [6.45, 7) is 1.48. The fraction of sp³-hybridized carbons (Fsp3) is 0.0870. The molecule has 0 N–H and O–H groups in total. The van der Waals surface area contributed by atoms with E-state index in [1.165, 1.54) is 32.9 Å². The van der Waals surface area contributed by atoms with E-state index < -0.39 is 0 Å². The third-order valence-electron chi connectivity index (χ3n) is 9.74. The summed E-state index contributed by atoms with van der Waals surface area (Å²) in [7, 11) is 4.18. The van der Waals surface area contributed by atoms with Gasteiger partial charge >= 0.3 is 0 Å². The zero-order chi connectivity index (χ0) is 36.3. The smallest absolute Gasteiger partial charge is 0.214 e. The van der Waals surface area contributed by atoms with Crippen molar-refractivity contribution >= 4 is 67.8 Å². The molecule has 0 fully saturated rings. The zero-order valence-corrected chi connectivity index (χ0v) is 31.0. The number of halogens is 2. The Hall–Kier alpha value is -5.88. The first-order valence-corrected chi connectivity index (χ1v) is 18.3. The SMILES string of the molecule is CN(c1ccc(Cl)cc1)c1cc[n+](Cc2ccc(Oc3ccc(C[n+]4ccc(N(C)c5ccc(Cl)cc5)c5ccccc54)cc3)cc2)c2ccccc12. The fourth-order valence-electron chi connectivity index (χ4n) is 6.87. The van der Waals surface area contributed by atoms with Crippen LogP contribution in [0.2, 0.25) is 10.0 Å². The predicted molar refractivity (Wildman–Crippen MR) is 218 cm³/mol. The van der Waals surface area contributed by atoms with Crippen molar-refractivity contribution in [2.75, 3.05) is 23.9 Å². The lowest BCUT2D eigenvalue weighted by Gasteiger charge is -2.21. The Morgan fingerprint density at radius 1 is 0.453 bits per heavy atom. The number of pyridine rings is 2. The minimum absolute atomic E-state index is 0.730. The number of anilines is 4. The van der Waals surface area contributed by atoms with Crippen LogP contribution in [0.5, 0.6) is 11.5 Å². The van der Waals surface area contributed by atoms with Crippen LogP contribution < -0.4 is 23.7 Å². The summed E-state index contributed by atoms with van der Waals surface area (Å²) in [6, 6.07) is 54.0. The van der Waals surface area contributed by atoms with Gasteiger partial charge in [-0.25, -0.2) is 0 Å². The van der Waals surface area contributed by atoms with E-state index in [-0.39, 0.29) is 0 Å². The maximum absolute atomic E-state index is 6.27. The highest BCUT2D eigenvalue weighted by Gasteiger charge is 2.18. The molecule has 260 valence electrons. The minimum Gasteiger partial charge on any atom is -0.457 e. The second-order valence-corrected chi connectivity index (χ2v) is 14.0. The summed E-state index contributed by atoms with van der Waals surface area (Å²) in [6.07, 6.45) is 4.32. The molecule has 0 bridgehead atoms. The number of hydrogen-bond acceptors (Lipinski definition) is 3. The van der Waals surface area contributed by atoms with Gasteiger partial charge < -0.3 is 14.5 Å². The van der Waals surface area contributed by atoms with Crippen LogP contribution in [0.3, 0.4) is 0 Å². The Kier molecular flexibility index (Phi) is 9.68. The summed E-state index contributed by atoms with van der Waals surface area (Å²) < 4.78 is 10.8. The van der Waals surface area contributed by atoms with Gasteiger partial charge in [-0.3, -0.25) is 0 Å². The van der Waals surface area contributed by atoms with Gasteiger partial charge in [-0.05, 0) is 109 Å². The summed E-state index contributed by atoms with van der Waals surface area (Å²) in [5.41, 5.74) is 9.15. The number of aromatic nitrogens is 2. The standard InChI is InChI=1S/C46H38Cl2N4O/c1-49(37-19-15-35(47)16-20-37)43-27-29-51(45-9-5-3-7-41(43)45)31-33-11-23-39(24-12-33)53-40-25-13-34(14-26-40)32-52-30-28-44(42-8-4-6-10-46(42)52)50(2)38-21-17-36(48)18-22-38/h3-30H,31-32H2,1-2H3/q+2. The summed E-state index contributed by atoms with van der Waals surface area (Å²) in [5.74, 6) is 1.61. The molecule has 0 unspecified atom stereocenters. The molecule has 2 heterocycles. The van der Waals surface area contributed by atoms with Crippen molar-refractivity contribution in [3.8, 4) is 11.5 Å². The molecule has 0 aliphatic carbocycles. The largest absolute Gasteiger partial charge is 0.457 e. The second-order valence-electron chi connectivity index (χ2n) is 13.2. The molecule has 2 aromatic heterocycles. The Morgan fingerprint density at radius 3 is 1.23 bits per heavy atom. The van der Waals surface area contributed by atoms with Gasteiger partial charge in [0.1, 0.15) is 11.5 Å². The molecule has 0 saturated heterocycles. The van der Waals surface area contributed by atoms with Crippen LogP contribution in [0, 0.1) is 0 Å². The molecule has 8 rings (SSSR count). The average Bonchev–Trinajstić information content (AvgIpc) is 3.20. The summed E-state index contributed by atoms with van der Waals surface area (Å²) in [5, 5.41) is 3.82. The van der Waals surface area contributed by atoms with Crippen LogP contribution in [0.1, 0.15) is 11.1 Å². The molecule has 0 spiro atoms. The number of para-hydroxylation sites is 2. The van der Waals surface area contributed by atoms with Crippen molar-refractivity contribution < 1.29 is 13.9 Å². The molecule has 53 heavy (non-hydrogen) atoms. The maximum Gasteiger partial charge on any atom is 0.214 e. The molecular formula is C46H38Cl2N4O+2. The zero-order valence-electron chi connectivity index (χ0n) is 29.5. The molecule has 0 amide bonds. The highest BCUT2D eigenvalue weighted by atomic mass is 35.5. The van der Waals surface area contributed by atoms with Crippen molar-refractivity contribution in [2.24, 2.45) is 0 Å². The van der Waals surface area contributed by atoms with E-state index >= 15 is 0 Å². The number of fused-ring (bicyclic) bond motifs is 2. The summed E-state index contributed by atoms with van der Waals surface area (Å²) >= 11 is 12.3. The third-order valence-corrected chi connectivity index (χ3v) is 10.2. The van der Waals surface area contributed by atoms with Crippen LogP contribution in [-0.2, 0) is 13.1 Å². The summed E-state index contributed by atoms with van der Waals surface area (Å²) in [4.78, 5) is 4.39. The first kappa shape index (κ1) is 34.2. The van der Waals surface area contributed by atoms with Crippen molar-refractivity contribution in [1.82, 2.24) is 0 Å². The van der Waals surface area contributed by atoms with E-state index in [4.69, 9.17) is 27.9 Å². The third kappa shape index (κ3) is 7.40. The van der Waals surface area contributed by atoms with E-state index in [0.717, 1.165) is 57.4 Å². The van der Waals surface area contributed by atoms with E-state index in [2.05, 4.69) is 130 Å². The molecule has 5 nitrogen and oxygen atoms in total. The minimum atomic E-state index is 0.730. The highest BCUT2D eigenvalue weighted by molar-refractivity contribution is 6.31. The molecule has 0 saturated carbocycles. The lowest BCUT2D eigenvalue weighted by molar-refractivity contribution is -0.662. The fourth-order valence-corrected chi connectivity index (χ4v) is 7.12.